The first-order chi connectivity index (χ1) is 7.58. The highest BCUT2D eigenvalue weighted by atomic mass is 19.1. The molecule has 1 saturated carbocycles. The van der Waals surface area contributed by atoms with E-state index in [0.717, 1.165) is 18.9 Å². The topological polar surface area (TPSA) is 12.0 Å². The van der Waals surface area contributed by atoms with E-state index < -0.39 is 0 Å². The third kappa shape index (κ3) is 2.59. The molecule has 0 aliphatic heterocycles. The Bertz CT molecular complexity index is 372. The summed E-state index contributed by atoms with van der Waals surface area (Å²) < 4.78 is 26.8. The van der Waals surface area contributed by atoms with Gasteiger partial charge < -0.3 is 5.32 Å². The van der Waals surface area contributed by atoms with E-state index >= 15 is 0 Å². The third-order valence-corrected chi connectivity index (χ3v) is 2.90. The van der Waals surface area contributed by atoms with Crippen LogP contribution in [0.3, 0.4) is 0 Å². The Morgan fingerprint density at radius 3 is 2.50 bits per heavy atom. The Morgan fingerprint density at radius 1 is 1.25 bits per heavy atom. The van der Waals surface area contributed by atoms with Gasteiger partial charge in [-0.15, -0.1) is 0 Å². The summed E-state index contributed by atoms with van der Waals surface area (Å²) in [6.07, 6.45) is 2.20. The maximum Gasteiger partial charge on any atom is 0.128 e. The number of halogens is 2. The van der Waals surface area contributed by atoms with Crippen molar-refractivity contribution < 1.29 is 8.78 Å². The van der Waals surface area contributed by atoms with Gasteiger partial charge in [-0.05, 0) is 37.0 Å². The van der Waals surface area contributed by atoms with Gasteiger partial charge in [0.05, 0.1) is 0 Å². The predicted octanol–water partition coefficient (Wildman–Crippen LogP) is 3.41. The maximum atomic E-state index is 13.7. The van der Waals surface area contributed by atoms with Crippen LogP contribution in [0.1, 0.15) is 38.3 Å². The lowest BCUT2D eigenvalue weighted by atomic mass is 10.0. The van der Waals surface area contributed by atoms with Gasteiger partial charge in [-0.2, -0.15) is 0 Å². The predicted molar refractivity (Wildman–Crippen MR) is 60.1 cm³/mol. The maximum absolute atomic E-state index is 13.7. The molecule has 1 unspecified atom stereocenters. The molecule has 88 valence electrons. The van der Waals surface area contributed by atoms with Gasteiger partial charge in [-0.3, -0.25) is 0 Å². The summed E-state index contributed by atoms with van der Waals surface area (Å²) in [7, 11) is 0. The van der Waals surface area contributed by atoms with Crippen LogP contribution in [0.4, 0.5) is 8.78 Å². The van der Waals surface area contributed by atoms with E-state index in [1.54, 1.807) is 0 Å². The molecule has 0 radical (unpaired) electrons. The van der Waals surface area contributed by atoms with Gasteiger partial charge in [0, 0.05) is 17.6 Å². The molecule has 1 atom stereocenters. The Balaban J connectivity index is 2.26. The van der Waals surface area contributed by atoms with Crippen LogP contribution >= 0.6 is 0 Å². The van der Waals surface area contributed by atoms with Crippen LogP contribution in [-0.2, 0) is 0 Å². The van der Waals surface area contributed by atoms with E-state index in [2.05, 4.69) is 5.32 Å². The second kappa shape index (κ2) is 4.50. The zero-order valence-electron chi connectivity index (χ0n) is 9.63. The lowest BCUT2D eigenvalue weighted by Crippen LogP contribution is -2.30. The van der Waals surface area contributed by atoms with Crippen molar-refractivity contribution in [2.45, 2.75) is 38.8 Å². The molecule has 1 aliphatic rings. The van der Waals surface area contributed by atoms with Crippen LogP contribution in [0.15, 0.2) is 18.2 Å². The highest BCUT2D eigenvalue weighted by molar-refractivity contribution is 5.24. The molecule has 3 heteroatoms. The molecule has 0 spiro atoms. The summed E-state index contributed by atoms with van der Waals surface area (Å²) >= 11 is 0. The lowest BCUT2D eigenvalue weighted by Gasteiger charge is -2.22. The number of rotatable bonds is 4. The molecule has 1 aliphatic carbocycles. The minimum Gasteiger partial charge on any atom is -0.307 e. The fourth-order valence-corrected chi connectivity index (χ4v) is 2.02. The lowest BCUT2D eigenvalue weighted by molar-refractivity contribution is 0.417. The second-order valence-electron chi connectivity index (χ2n) is 4.80. The molecule has 1 N–H and O–H groups in total. The average molecular weight is 225 g/mol. The number of nitrogens with one attached hydrogen (secondary N) is 1. The van der Waals surface area contributed by atoms with E-state index in [9.17, 15) is 8.78 Å². The van der Waals surface area contributed by atoms with Crippen LogP contribution in [0.25, 0.3) is 0 Å². The molecular weight excluding hydrogens is 208 g/mol. The molecule has 1 nitrogen and oxygen atoms in total. The largest absolute Gasteiger partial charge is 0.307 e. The minimum absolute atomic E-state index is 0.0456. The van der Waals surface area contributed by atoms with E-state index in [0.29, 0.717) is 11.5 Å². The fourth-order valence-electron chi connectivity index (χ4n) is 2.02. The van der Waals surface area contributed by atoms with E-state index in [1.165, 1.54) is 12.1 Å². The highest BCUT2D eigenvalue weighted by Gasteiger charge is 2.34. The Hall–Kier alpha value is -0.960. The molecule has 2 rings (SSSR count). The Morgan fingerprint density at radius 2 is 1.94 bits per heavy atom. The van der Waals surface area contributed by atoms with Crippen molar-refractivity contribution in [3.8, 4) is 0 Å². The van der Waals surface area contributed by atoms with Gasteiger partial charge in [0.1, 0.15) is 11.6 Å². The van der Waals surface area contributed by atoms with E-state index in [-0.39, 0.29) is 23.7 Å². The van der Waals surface area contributed by atoms with Gasteiger partial charge in [0.15, 0.2) is 0 Å². The van der Waals surface area contributed by atoms with Crippen molar-refractivity contribution in [3.05, 3.63) is 35.4 Å². The normalized spacial score (nSPS) is 17.8. The van der Waals surface area contributed by atoms with Crippen LogP contribution in [-0.4, -0.2) is 6.04 Å². The van der Waals surface area contributed by atoms with Crippen molar-refractivity contribution in [3.63, 3.8) is 0 Å². The van der Waals surface area contributed by atoms with Crippen LogP contribution < -0.4 is 5.32 Å². The zero-order chi connectivity index (χ0) is 11.7. The third-order valence-electron chi connectivity index (χ3n) is 2.90. The van der Waals surface area contributed by atoms with Crippen LogP contribution in [0.5, 0.6) is 0 Å². The van der Waals surface area contributed by atoms with Crippen molar-refractivity contribution in [2.24, 2.45) is 5.92 Å². The average Bonchev–Trinajstić information content (AvgIpc) is 3.02. The zero-order valence-corrected chi connectivity index (χ0v) is 9.63. The minimum atomic E-state index is -0.368. The number of hydrogen-bond acceptors (Lipinski definition) is 1. The quantitative estimate of drug-likeness (QED) is 0.828. The van der Waals surface area contributed by atoms with Crippen molar-refractivity contribution in [2.75, 3.05) is 0 Å². The molecule has 1 fully saturated rings. The molecule has 16 heavy (non-hydrogen) atoms. The molecule has 0 aromatic heterocycles. The van der Waals surface area contributed by atoms with Crippen LogP contribution in [0.2, 0.25) is 0 Å². The van der Waals surface area contributed by atoms with Crippen molar-refractivity contribution in [1.82, 2.24) is 5.32 Å². The van der Waals surface area contributed by atoms with E-state index in [1.807, 2.05) is 13.8 Å². The molecule has 1 aromatic rings. The summed E-state index contributed by atoms with van der Waals surface area (Å²) in [5, 5.41) is 3.32. The molecule has 0 heterocycles. The van der Waals surface area contributed by atoms with E-state index in [4.69, 9.17) is 0 Å². The number of hydrogen-bond donors (Lipinski definition) is 1. The summed E-state index contributed by atoms with van der Waals surface area (Å²) in [6.45, 7) is 4.04. The standard InChI is InChI=1S/C13H17F2N/c1-8(2)16-13(9-3-4-9)11-7-10(14)5-6-12(11)15/h5-9,13,16H,3-4H2,1-2H3. The summed E-state index contributed by atoms with van der Waals surface area (Å²) in [6, 6.07) is 3.91. The molecule has 0 saturated heterocycles. The van der Waals surface area contributed by atoms with Gasteiger partial charge in [0.2, 0.25) is 0 Å². The first kappa shape index (κ1) is 11.5. The number of benzene rings is 1. The van der Waals surface area contributed by atoms with Gasteiger partial charge >= 0.3 is 0 Å². The van der Waals surface area contributed by atoms with Gasteiger partial charge in [-0.1, -0.05) is 13.8 Å². The monoisotopic (exact) mass is 225 g/mol. The Labute approximate surface area is 94.9 Å². The van der Waals surface area contributed by atoms with Crippen molar-refractivity contribution in [1.29, 1.82) is 0 Å². The molecule has 1 aromatic carbocycles. The van der Waals surface area contributed by atoms with Gasteiger partial charge in [-0.25, -0.2) is 8.78 Å². The molecule has 0 bridgehead atoms. The van der Waals surface area contributed by atoms with Gasteiger partial charge in [0.25, 0.3) is 0 Å². The Kier molecular flexibility index (Phi) is 3.24. The molecular formula is C13H17F2N. The summed E-state index contributed by atoms with van der Waals surface area (Å²) in [5.74, 6) is -0.224. The second-order valence-corrected chi connectivity index (χ2v) is 4.80. The summed E-state index contributed by atoms with van der Waals surface area (Å²) in [4.78, 5) is 0. The molecule has 0 amide bonds. The highest BCUT2D eigenvalue weighted by Crippen LogP contribution is 2.42. The first-order valence-electron chi connectivity index (χ1n) is 5.79. The first-order valence-corrected chi connectivity index (χ1v) is 5.79. The van der Waals surface area contributed by atoms with Crippen molar-refractivity contribution >= 4 is 0 Å². The van der Waals surface area contributed by atoms with Crippen LogP contribution in [0, 0.1) is 17.6 Å². The fraction of sp³-hybridized carbons (Fsp3) is 0.538. The smallest absolute Gasteiger partial charge is 0.128 e. The SMILES string of the molecule is CC(C)NC(c1cc(F)ccc1F)C1CC1. The summed E-state index contributed by atoms with van der Waals surface area (Å²) in [5.41, 5.74) is 0.469.